The molecule has 2 aromatic carbocycles. The van der Waals surface area contributed by atoms with Crippen LogP contribution in [0.15, 0.2) is 36.4 Å². The van der Waals surface area contributed by atoms with Gasteiger partial charge in [-0.15, -0.1) is 0 Å². The molecule has 2 N–H and O–H groups in total. The SMILES string of the molecule is COc1cc(C)c(C(C)NC2c3ccccc3CC2O)cc1OC. The van der Waals surface area contributed by atoms with E-state index in [-0.39, 0.29) is 12.1 Å². The summed E-state index contributed by atoms with van der Waals surface area (Å²) in [6.45, 7) is 4.18. The highest BCUT2D eigenvalue weighted by molar-refractivity contribution is 5.48. The maximum atomic E-state index is 10.5. The first-order valence-electron chi connectivity index (χ1n) is 8.29. The van der Waals surface area contributed by atoms with Gasteiger partial charge in [-0.1, -0.05) is 24.3 Å². The summed E-state index contributed by atoms with van der Waals surface area (Å²) < 4.78 is 10.8. The lowest BCUT2D eigenvalue weighted by Crippen LogP contribution is -2.31. The van der Waals surface area contributed by atoms with Gasteiger partial charge in [0, 0.05) is 12.5 Å². The molecule has 0 heterocycles. The molecule has 0 amide bonds. The second-order valence-corrected chi connectivity index (χ2v) is 6.40. The molecule has 0 aromatic heterocycles. The highest BCUT2D eigenvalue weighted by Crippen LogP contribution is 2.36. The van der Waals surface area contributed by atoms with Crippen LogP contribution >= 0.6 is 0 Å². The summed E-state index contributed by atoms with van der Waals surface area (Å²) in [5.41, 5.74) is 4.69. The van der Waals surface area contributed by atoms with Crippen LogP contribution in [0.25, 0.3) is 0 Å². The lowest BCUT2D eigenvalue weighted by Gasteiger charge is -2.25. The Balaban J connectivity index is 1.87. The molecule has 0 radical (unpaired) electrons. The maximum Gasteiger partial charge on any atom is 0.161 e. The zero-order valence-corrected chi connectivity index (χ0v) is 14.7. The lowest BCUT2D eigenvalue weighted by atomic mass is 9.99. The van der Waals surface area contributed by atoms with Crippen LogP contribution in [-0.2, 0) is 6.42 Å². The molecule has 4 nitrogen and oxygen atoms in total. The highest BCUT2D eigenvalue weighted by atomic mass is 16.5. The smallest absolute Gasteiger partial charge is 0.161 e. The summed E-state index contributed by atoms with van der Waals surface area (Å²) in [6.07, 6.45) is 0.302. The molecular weight excluding hydrogens is 302 g/mol. The molecule has 0 bridgehead atoms. The number of rotatable bonds is 5. The highest BCUT2D eigenvalue weighted by Gasteiger charge is 2.32. The van der Waals surface area contributed by atoms with E-state index in [4.69, 9.17) is 9.47 Å². The van der Waals surface area contributed by atoms with Crippen LogP contribution in [0.4, 0.5) is 0 Å². The quantitative estimate of drug-likeness (QED) is 0.884. The number of aryl methyl sites for hydroxylation is 1. The Hall–Kier alpha value is -2.04. The van der Waals surface area contributed by atoms with Crippen LogP contribution < -0.4 is 14.8 Å². The van der Waals surface area contributed by atoms with E-state index in [1.54, 1.807) is 14.2 Å². The van der Waals surface area contributed by atoms with Crippen molar-refractivity contribution in [3.05, 3.63) is 58.7 Å². The van der Waals surface area contributed by atoms with E-state index >= 15 is 0 Å². The van der Waals surface area contributed by atoms with Crippen molar-refractivity contribution >= 4 is 0 Å². The van der Waals surface area contributed by atoms with Gasteiger partial charge in [0.05, 0.1) is 26.4 Å². The van der Waals surface area contributed by atoms with Crippen LogP contribution in [0.3, 0.4) is 0 Å². The van der Waals surface area contributed by atoms with E-state index in [9.17, 15) is 5.11 Å². The van der Waals surface area contributed by atoms with Crippen molar-refractivity contribution in [3.63, 3.8) is 0 Å². The molecule has 4 heteroatoms. The zero-order chi connectivity index (χ0) is 17.3. The first kappa shape index (κ1) is 16.8. The lowest BCUT2D eigenvalue weighted by molar-refractivity contribution is 0.136. The predicted octanol–water partition coefficient (Wildman–Crippen LogP) is 3.32. The third kappa shape index (κ3) is 2.99. The van der Waals surface area contributed by atoms with E-state index in [0.29, 0.717) is 6.42 Å². The normalized spacial score (nSPS) is 20.5. The van der Waals surface area contributed by atoms with Crippen LogP contribution in [-0.4, -0.2) is 25.4 Å². The predicted molar refractivity (Wildman–Crippen MR) is 94.7 cm³/mol. The fourth-order valence-corrected chi connectivity index (χ4v) is 3.60. The van der Waals surface area contributed by atoms with E-state index in [1.807, 2.05) is 24.3 Å². The Kier molecular flexibility index (Phi) is 4.78. The number of aliphatic hydroxyl groups is 1. The van der Waals surface area contributed by atoms with Crippen LogP contribution in [0, 0.1) is 6.92 Å². The summed E-state index contributed by atoms with van der Waals surface area (Å²) in [5.74, 6) is 1.45. The number of aliphatic hydroxyl groups excluding tert-OH is 1. The second-order valence-electron chi connectivity index (χ2n) is 6.40. The van der Waals surface area contributed by atoms with Crippen molar-refractivity contribution in [1.29, 1.82) is 0 Å². The number of methoxy groups -OCH3 is 2. The molecule has 0 saturated heterocycles. The van der Waals surface area contributed by atoms with Gasteiger partial charge in [0.15, 0.2) is 11.5 Å². The fraction of sp³-hybridized carbons (Fsp3) is 0.400. The van der Waals surface area contributed by atoms with Crippen molar-refractivity contribution in [2.24, 2.45) is 0 Å². The minimum atomic E-state index is -0.398. The average molecular weight is 327 g/mol. The van der Waals surface area contributed by atoms with Gasteiger partial charge in [0.2, 0.25) is 0 Å². The first-order chi connectivity index (χ1) is 11.5. The molecule has 3 rings (SSSR count). The maximum absolute atomic E-state index is 10.5. The molecule has 1 aliphatic rings. The van der Waals surface area contributed by atoms with Crippen molar-refractivity contribution in [3.8, 4) is 11.5 Å². The molecule has 2 aromatic rings. The number of hydrogen-bond acceptors (Lipinski definition) is 4. The van der Waals surface area contributed by atoms with E-state index in [0.717, 1.165) is 22.6 Å². The number of fused-ring (bicyclic) bond motifs is 1. The molecule has 128 valence electrons. The molecule has 3 unspecified atom stereocenters. The van der Waals surface area contributed by atoms with Gasteiger partial charge in [-0.05, 0) is 48.2 Å². The van der Waals surface area contributed by atoms with Gasteiger partial charge in [-0.2, -0.15) is 0 Å². The Morgan fingerprint density at radius 1 is 1.12 bits per heavy atom. The number of nitrogens with one attached hydrogen (secondary N) is 1. The standard InChI is InChI=1S/C20H25NO3/c1-12-9-18(23-3)19(24-4)11-16(12)13(2)21-20-15-8-6-5-7-14(15)10-17(20)22/h5-9,11,13,17,20-22H,10H2,1-4H3. The Bertz CT molecular complexity index is 729. The Labute approximate surface area is 143 Å². The second kappa shape index (κ2) is 6.83. The van der Waals surface area contributed by atoms with Gasteiger partial charge >= 0.3 is 0 Å². The minimum absolute atomic E-state index is 0.0521. The topological polar surface area (TPSA) is 50.7 Å². The van der Waals surface area contributed by atoms with Gasteiger partial charge < -0.3 is 19.9 Å². The summed E-state index contributed by atoms with van der Waals surface area (Å²) in [5, 5.41) is 14.0. The number of benzene rings is 2. The largest absolute Gasteiger partial charge is 0.493 e. The Morgan fingerprint density at radius 2 is 1.79 bits per heavy atom. The number of hydrogen-bond donors (Lipinski definition) is 2. The van der Waals surface area contributed by atoms with E-state index in [2.05, 4.69) is 31.3 Å². The van der Waals surface area contributed by atoms with Crippen LogP contribution in [0.1, 0.15) is 41.3 Å². The molecule has 0 saturated carbocycles. The zero-order valence-electron chi connectivity index (χ0n) is 14.7. The third-order valence-electron chi connectivity index (χ3n) is 4.87. The summed E-state index contributed by atoms with van der Waals surface area (Å²) in [6, 6.07) is 12.3. The molecule has 3 atom stereocenters. The monoisotopic (exact) mass is 327 g/mol. The number of ether oxygens (including phenoxy) is 2. The van der Waals surface area contributed by atoms with Crippen molar-refractivity contribution < 1.29 is 14.6 Å². The minimum Gasteiger partial charge on any atom is -0.493 e. The van der Waals surface area contributed by atoms with Gasteiger partial charge in [0.1, 0.15) is 0 Å². The molecule has 0 aliphatic heterocycles. The summed E-state index contributed by atoms with van der Waals surface area (Å²) in [4.78, 5) is 0. The van der Waals surface area contributed by atoms with Crippen LogP contribution in [0.2, 0.25) is 0 Å². The first-order valence-corrected chi connectivity index (χ1v) is 8.29. The summed E-state index contributed by atoms with van der Waals surface area (Å²) in [7, 11) is 3.29. The average Bonchev–Trinajstić information content (AvgIpc) is 2.90. The summed E-state index contributed by atoms with van der Waals surface area (Å²) >= 11 is 0. The molecule has 1 aliphatic carbocycles. The van der Waals surface area contributed by atoms with Crippen LogP contribution in [0.5, 0.6) is 11.5 Å². The van der Waals surface area contributed by atoms with Gasteiger partial charge in [-0.25, -0.2) is 0 Å². The van der Waals surface area contributed by atoms with Gasteiger partial charge in [-0.3, -0.25) is 0 Å². The molecule has 0 fully saturated rings. The molecular formula is C20H25NO3. The fourth-order valence-electron chi connectivity index (χ4n) is 3.60. The molecule has 0 spiro atoms. The van der Waals surface area contributed by atoms with E-state index < -0.39 is 6.10 Å². The Morgan fingerprint density at radius 3 is 2.50 bits per heavy atom. The van der Waals surface area contributed by atoms with E-state index in [1.165, 1.54) is 11.1 Å². The van der Waals surface area contributed by atoms with Crippen molar-refractivity contribution in [1.82, 2.24) is 5.32 Å². The molecule has 24 heavy (non-hydrogen) atoms. The van der Waals surface area contributed by atoms with Crippen molar-refractivity contribution in [2.45, 2.75) is 38.5 Å². The third-order valence-corrected chi connectivity index (χ3v) is 4.87. The van der Waals surface area contributed by atoms with Gasteiger partial charge in [0.25, 0.3) is 0 Å². The van der Waals surface area contributed by atoms with Crippen molar-refractivity contribution in [2.75, 3.05) is 14.2 Å².